The lowest BCUT2D eigenvalue weighted by Gasteiger charge is -2.22. The summed E-state index contributed by atoms with van der Waals surface area (Å²) in [5, 5.41) is 7.12. The van der Waals surface area contributed by atoms with Gasteiger partial charge in [-0.1, -0.05) is 26.0 Å². The number of anilines is 1. The van der Waals surface area contributed by atoms with Crippen molar-refractivity contribution in [3.8, 4) is 11.4 Å². The first-order valence-corrected chi connectivity index (χ1v) is 10.2. The Hall–Kier alpha value is -1.93. The van der Waals surface area contributed by atoms with Gasteiger partial charge in [-0.3, -0.25) is 9.82 Å². The quantitative estimate of drug-likeness (QED) is 0.821. The van der Waals surface area contributed by atoms with E-state index in [0.29, 0.717) is 23.7 Å². The van der Waals surface area contributed by atoms with Crippen LogP contribution in [0.4, 0.5) is 5.69 Å². The maximum absolute atomic E-state index is 12.5. The zero-order chi connectivity index (χ0) is 17.9. The van der Waals surface area contributed by atoms with Gasteiger partial charge in [0.15, 0.2) is 5.82 Å². The molecule has 7 nitrogen and oxygen atoms in total. The van der Waals surface area contributed by atoms with Gasteiger partial charge in [-0.05, 0) is 31.4 Å². The van der Waals surface area contributed by atoms with Crippen molar-refractivity contribution in [1.29, 1.82) is 0 Å². The number of H-pyrrole nitrogens is 1. The van der Waals surface area contributed by atoms with E-state index in [0.717, 1.165) is 25.1 Å². The van der Waals surface area contributed by atoms with Gasteiger partial charge < -0.3 is 4.74 Å². The topological polar surface area (TPSA) is 97.0 Å². The number of nitrogens with one attached hydrogen (secondary N) is 2. The molecule has 2 N–H and O–H groups in total. The van der Waals surface area contributed by atoms with Crippen molar-refractivity contribution in [1.82, 2.24) is 15.2 Å². The lowest BCUT2D eigenvalue weighted by atomic mass is 10.1. The van der Waals surface area contributed by atoms with E-state index in [4.69, 9.17) is 4.74 Å². The number of hydrogen-bond donors (Lipinski definition) is 2. The normalized spacial score (nSPS) is 18.4. The molecule has 1 unspecified atom stereocenters. The summed E-state index contributed by atoms with van der Waals surface area (Å²) in [4.78, 5) is 4.46. The highest BCUT2D eigenvalue weighted by atomic mass is 32.2. The van der Waals surface area contributed by atoms with Gasteiger partial charge in [0.05, 0.1) is 17.5 Å². The summed E-state index contributed by atoms with van der Waals surface area (Å²) >= 11 is 0. The predicted octanol–water partition coefficient (Wildman–Crippen LogP) is 2.91. The van der Waals surface area contributed by atoms with Crippen molar-refractivity contribution >= 4 is 15.7 Å². The molecule has 1 aliphatic heterocycles. The minimum atomic E-state index is -3.52. The minimum absolute atomic E-state index is 0.0351. The molecule has 0 amide bonds. The summed E-state index contributed by atoms with van der Waals surface area (Å²) < 4.78 is 33.3. The molecule has 0 spiro atoms. The Bertz CT molecular complexity index is 811. The lowest BCUT2D eigenvalue weighted by Crippen LogP contribution is -2.31. The van der Waals surface area contributed by atoms with Crippen LogP contribution in [0.1, 0.15) is 44.9 Å². The van der Waals surface area contributed by atoms with Crippen molar-refractivity contribution in [2.75, 3.05) is 17.1 Å². The number of nitrogens with zero attached hydrogens (tertiary/aromatic N) is 2. The lowest BCUT2D eigenvalue weighted by molar-refractivity contribution is 0.0306. The fourth-order valence-electron chi connectivity index (χ4n) is 2.81. The third-order valence-corrected chi connectivity index (χ3v) is 5.50. The molecular formula is C17H24N4O3S. The zero-order valence-electron chi connectivity index (χ0n) is 14.5. The second-order valence-electron chi connectivity index (χ2n) is 6.62. The number of sulfonamides is 1. The summed E-state index contributed by atoms with van der Waals surface area (Å²) in [5.41, 5.74) is 1.13. The van der Waals surface area contributed by atoms with Crippen LogP contribution in [0, 0.1) is 0 Å². The summed E-state index contributed by atoms with van der Waals surface area (Å²) in [5.74, 6) is 1.43. The van der Waals surface area contributed by atoms with Crippen LogP contribution in [0.5, 0.6) is 0 Å². The van der Waals surface area contributed by atoms with Gasteiger partial charge >= 0.3 is 0 Å². The summed E-state index contributed by atoms with van der Waals surface area (Å²) in [6, 6.07) is 7.15. The van der Waals surface area contributed by atoms with Crippen LogP contribution >= 0.6 is 0 Å². The molecule has 0 radical (unpaired) electrons. The van der Waals surface area contributed by atoms with Crippen LogP contribution in [0.15, 0.2) is 24.3 Å². The van der Waals surface area contributed by atoms with Gasteiger partial charge in [-0.2, -0.15) is 5.10 Å². The molecule has 25 heavy (non-hydrogen) atoms. The van der Waals surface area contributed by atoms with Crippen LogP contribution in [0.25, 0.3) is 11.4 Å². The molecule has 1 saturated heterocycles. The highest BCUT2D eigenvalue weighted by Gasteiger charge is 2.23. The number of aromatic amines is 1. The van der Waals surface area contributed by atoms with Gasteiger partial charge in [0.1, 0.15) is 5.82 Å². The van der Waals surface area contributed by atoms with E-state index in [1.54, 1.807) is 12.1 Å². The average Bonchev–Trinajstić information content (AvgIpc) is 3.05. The molecule has 0 saturated carbocycles. The third kappa shape index (κ3) is 4.58. The molecule has 8 heteroatoms. The molecule has 0 bridgehead atoms. The van der Waals surface area contributed by atoms with Crippen LogP contribution in [-0.2, 0) is 14.8 Å². The molecule has 1 atom stereocenters. The number of ether oxygens (including phenoxy) is 1. The monoisotopic (exact) mass is 364 g/mol. The van der Waals surface area contributed by atoms with E-state index < -0.39 is 10.0 Å². The van der Waals surface area contributed by atoms with Crippen LogP contribution < -0.4 is 4.72 Å². The first-order valence-electron chi connectivity index (χ1n) is 8.58. The fraction of sp³-hybridized carbons (Fsp3) is 0.529. The Morgan fingerprint density at radius 2 is 2.12 bits per heavy atom. The highest BCUT2D eigenvalue weighted by molar-refractivity contribution is 7.92. The smallest absolute Gasteiger partial charge is 0.235 e. The Morgan fingerprint density at radius 1 is 1.32 bits per heavy atom. The van der Waals surface area contributed by atoms with Gasteiger partial charge in [-0.15, -0.1) is 0 Å². The molecule has 1 aliphatic rings. The van der Waals surface area contributed by atoms with E-state index >= 15 is 0 Å². The van der Waals surface area contributed by atoms with Crippen LogP contribution in [0.3, 0.4) is 0 Å². The zero-order valence-corrected chi connectivity index (χ0v) is 15.3. The fourth-order valence-corrected chi connectivity index (χ4v) is 4.16. The predicted molar refractivity (Wildman–Crippen MR) is 96.9 cm³/mol. The summed E-state index contributed by atoms with van der Waals surface area (Å²) in [7, 11) is -3.52. The first kappa shape index (κ1) is 17.9. The molecule has 1 aromatic heterocycles. The van der Waals surface area contributed by atoms with Crippen LogP contribution in [0.2, 0.25) is 0 Å². The highest BCUT2D eigenvalue weighted by Crippen LogP contribution is 2.27. The first-order chi connectivity index (χ1) is 11.9. The van der Waals surface area contributed by atoms with Crippen molar-refractivity contribution in [2.45, 2.75) is 45.1 Å². The van der Waals surface area contributed by atoms with Crippen molar-refractivity contribution in [3.05, 3.63) is 30.1 Å². The third-order valence-electron chi connectivity index (χ3n) is 4.16. The molecule has 0 aliphatic carbocycles. The van der Waals surface area contributed by atoms with Crippen LogP contribution in [-0.4, -0.2) is 42.1 Å². The van der Waals surface area contributed by atoms with Crippen molar-refractivity contribution < 1.29 is 13.2 Å². The molecule has 2 aromatic rings. The Kier molecular flexibility index (Phi) is 5.39. The molecule has 2 heterocycles. The van der Waals surface area contributed by atoms with E-state index in [9.17, 15) is 8.42 Å². The second-order valence-corrected chi connectivity index (χ2v) is 8.38. The number of hydrogen-bond acceptors (Lipinski definition) is 5. The minimum Gasteiger partial charge on any atom is -0.377 e. The van der Waals surface area contributed by atoms with E-state index in [1.165, 1.54) is 0 Å². The Morgan fingerprint density at radius 3 is 2.80 bits per heavy atom. The van der Waals surface area contributed by atoms with E-state index in [1.807, 2.05) is 26.0 Å². The van der Waals surface area contributed by atoms with Crippen molar-refractivity contribution in [3.63, 3.8) is 0 Å². The molecule has 136 valence electrons. The van der Waals surface area contributed by atoms with Gasteiger partial charge in [-0.25, -0.2) is 13.4 Å². The summed E-state index contributed by atoms with van der Waals surface area (Å²) in [6.07, 6.45) is 2.54. The van der Waals surface area contributed by atoms with Crippen molar-refractivity contribution in [2.24, 2.45) is 0 Å². The van der Waals surface area contributed by atoms with Gasteiger partial charge in [0.2, 0.25) is 10.0 Å². The summed E-state index contributed by atoms with van der Waals surface area (Å²) in [6.45, 7) is 4.66. The second kappa shape index (κ2) is 7.53. The maximum Gasteiger partial charge on any atom is 0.235 e. The Balaban J connectivity index is 1.80. The van der Waals surface area contributed by atoms with Gasteiger partial charge in [0, 0.05) is 18.1 Å². The molecule has 1 aromatic carbocycles. The number of benzene rings is 1. The van der Waals surface area contributed by atoms with E-state index in [2.05, 4.69) is 19.9 Å². The standard InChI is InChI=1S/C17H24N4O3S/c1-12(2)16-18-17(20-19-16)14-8-3-4-9-15(14)21-25(22,23)11-13-7-5-6-10-24-13/h3-4,8-9,12-13,21H,5-7,10-11H2,1-2H3,(H,18,19,20). The largest absolute Gasteiger partial charge is 0.377 e. The number of rotatable bonds is 6. The molecule has 3 rings (SSSR count). The number of para-hydroxylation sites is 1. The number of aromatic nitrogens is 3. The Labute approximate surface area is 148 Å². The SMILES string of the molecule is CC(C)c1nc(-c2ccccc2NS(=O)(=O)CC2CCCCO2)n[nH]1. The molecular weight excluding hydrogens is 340 g/mol. The van der Waals surface area contributed by atoms with Gasteiger partial charge in [0.25, 0.3) is 0 Å². The molecule has 1 fully saturated rings. The average molecular weight is 364 g/mol. The van der Waals surface area contributed by atoms with E-state index in [-0.39, 0.29) is 17.8 Å². The maximum atomic E-state index is 12.5.